The van der Waals surface area contributed by atoms with Crippen molar-refractivity contribution in [3.8, 4) is 0 Å². The van der Waals surface area contributed by atoms with Gasteiger partial charge in [0, 0.05) is 19.6 Å². The second-order valence-electron chi connectivity index (χ2n) is 7.38. The maximum atomic E-state index is 12.5. The molecule has 0 unspecified atom stereocenters. The molecule has 176 valence electrons. The zero-order valence-electron chi connectivity index (χ0n) is 16.7. The fraction of sp³-hybridized carbons (Fsp3) is 0.611. The molecule has 0 bridgehead atoms. The van der Waals surface area contributed by atoms with Gasteiger partial charge in [-0.25, -0.2) is 17.9 Å². The molecule has 1 fully saturated rings. The molecule has 0 saturated carbocycles. The van der Waals surface area contributed by atoms with Crippen molar-refractivity contribution in [3.05, 3.63) is 29.3 Å². The maximum Gasteiger partial charge on any atom is 0.434 e. The van der Waals surface area contributed by atoms with Crippen LogP contribution in [0.5, 0.6) is 0 Å². The van der Waals surface area contributed by atoms with Crippen molar-refractivity contribution in [1.29, 1.82) is 0 Å². The largest absolute Gasteiger partial charge is 0.434 e. The molecule has 13 heteroatoms. The van der Waals surface area contributed by atoms with E-state index in [0.29, 0.717) is 0 Å². The van der Waals surface area contributed by atoms with E-state index >= 15 is 0 Å². The number of carbonyl (C=O) groups is 1. The standard InChI is InChI=1S/C18H22F6N2O4S/c1-11-3-4-14(9-12(11)2)31(28,29)25-10-13-5-7-26(8-6-13)16(27)30-15(17(19,20)21)18(22,23)24/h3-4,9,13,15,25H,5-8,10H2,1-2H3. The van der Waals surface area contributed by atoms with Gasteiger partial charge < -0.3 is 9.64 Å². The van der Waals surface area contributed by atoms with E-state index in [1.165, 1.54) is 12.1 Å². The number of carbonyl (C=O) groups excluding carboxylic acids is 1. The Bertz CT molecular complexity index is 879. The summed E-state index contributed by atoms with van der Waals surface area (Å²) in [6.45, 7) is 3.31. The quantitative estimate of drug-likeness (QED) is 0.654. The van der Waals surface area contributed by atoms with E-state index in [1.54, 1.807) is 13.0 Å². The van der Waals surface area contributed by atoms with Crippen molar-refractivity contribution >= 4 is 16.1 Å². The molecule has 31 heavy (non-hydrogen) atoms. The fourth-order valence-electron chi connectivity index (χ4n) is 3.01. The highest BCUT2D eigenvalue weighted by atomic mass is 32.2. The molecule has 0 spiro atoms. The molecule has 1 heterocycles. The van der Waals surface area contributed by atoms with Gasteiger partial charge in [0.05, 0.1) is 4.90 Å². The van der Waals surface area contributed by atoms with Crippen LogP contribution in [0.25, 0.3) is 0 Å². The van der Waals surface area contributed by atoms with Crippen LogP contribution in [0, 0.1) is 19.8 Å². The summed E-state index contributed by atoms with van der Waals surface area (Å²) in [5.74, 6) is -0.244. The molecule has 1 amide bonds. The molecule has 1 aromatic carbocycles. The first-order valence-electron chi connectivity index (χ1n) is 9.27. The summed E-state index contributed by atoms with van der Waals surface area (Å²) in [5, 5.41) is 0. The first-order chi connectivity index (χ1) is 14.1. The summed E-state index contributed by atoms with van der Waals surface area (Å²) >= 11 is 0. The summed E-state index contributed by atoms with van der Waals surface area (Å²) in [4.78, 5) is 12.6. The maximum absolute atomic E-state index is 12.5. The number of sulfonamides is 1. The average molecular weight is 476 g/mol. The highest BCUT2D eigenvalue weighted by Crippen LogP contribution is 2.36. The van der Waals surface area contributed by atoms with Crippen molar-refractivity contribution in [3.63, 3.8) is 0 Å². The third-order valence-corrected chi connectivity index (χ3v) is 6.46. The van der Waals surface area contributed by atoms with Crippen LogP contribution in [0.2, 0.25) is 0 Å². The van der Waals surface area contributed by atoms with E-state index in [-0.39, 0.29) is 43.3 Å². The van der Waals surface area contributed by atoms with Crippen LogP contribution < -0.4 is 4.72 Å². The molecular weight excluding hydrogens is 454 g/mol. The van der Waals surface area contributed by atoms with Crippen LogP contribution in [-0.4, -0.2) is 57.5 Å². The third-order valence-electron chi connectivity index (χ3n) is 5.04. The number of likely N-dealkylation sites (tertiary alicyclic amines) is 1. The number of nitrogens with one attached hydrogen (secondary N) is 1. The number of benzene rings is 1. The zero-order valence-corrected chi connectivity index (χ0v) is 17.5. The van der Waals surface area contributed by atoms with Gasteiger partial charge in [-0.05, 0) is 55.9 Å². The van der Waals surface area contributed by atoms with Gasteiger partial charge >= 0.3 is 18.4 Å². The number of rotatable bonds is 5. The summed E-state index contributed by atoms with van der Waals surface area (Å²) in [5.41, 5.74) is 1.72. The summed E-state index contributed by atoms with van der Waals surface area (Å²) in [6.07, 6.45) is -17.1. The Balaban J connectivity index is 1.89. The number of nitrogens with zero attached hydrogens (tertiary/aromatic N) is 1. The molecule has 1 aliphatic heterocycles. The van der Waals surface area contributed by atoms with Crippen LogP contribution in [0.15, 0.2) is 23.1 Å². The molecule has 1 N–H and O–H groups in total. The molecule has 0 radical (unpaired) electrons. The second-order valence-corrected chi connectivity index (χ2v) is 9.14. The zero-order chi connectivity index (χ0) is 23.6. The normalized spacial score (nSPS) is 16.6. The van der Waals surface area contributed by atoms with Gasteiger partial charge in [0.1, 0.15) is 0 Å². The van der Waals surface area contributed by atoms with Gasteiger partial charge in [-0.15, -0.1) is 0 Å². The molecule has 1 aliphatic rings. The van der Waals surface area contributed by atoms with Crippen LogP contribution >= 0.6 is 0 Å². The van der Waals surface area contributed by atoms with Gasteiger partial charge in [-0.2, -0.15) is 26.3 Å². The molecule has 0 aromatic heterocycles. The molecule has 1 saturated heterocycles. The SMILES string of the molecule is Cc1ccc(S(=O)(=O)NCC2CCN(C(=O)OC(C(F)(F)F)C(F)(F)F)CC2)cc1C. The van der Waals surface area contributed by atoms with Gasteiger partial charge in [-0.1, -0.05) is 6.07 Å². The van der Waals surface area contributed by atoms with E-state index in [2.05, 4.69) is 9.46 Å². The minimum Gasteiger partial charge on any atom is -0.426 e. The number of piperidine rings is 1. The molecule has 6 nitrogen and oxygen atoms in total. The van der Waals surface area contributed by atoms with Gasteiger partial charge in [0.2, 0.25) is 10.0 Å². The summed E-state index contributed by atoms with van der Waals surface area (Å²) in [7, 11) is -3.78. The van der Waals surface area contributed by atoms with Gasteiger partial charge in [0.15, 0.2) is 0 Å². The Morgan fingerprint density at radius 2 is 1.65 bits per heavy atom. The van der Waals surface area contributed by atoms with E-state index in [4.69, 9.17) is 0 Å². The first kappa shape index (κ1) is 25.2. The minimum atomic E-state index is -5.78. The highest BCUT2D eigenvalue weighted by Gasteiger charge is 2.60. The van der Waals surface area contributed by atoms with Crippen LogP contribution in [-0.2, 0) is 14.8 Å². The third kappa shape index (κ3) is 6.73. The number of aryl methyl sites for hydroxylation is 2. The Hall–Kier alpha value is -2.02. The topological polar surface area (TPSA) is 75.7 Å². The van der Waals surface area contributed by atoms with Gasteiger partial charge in [-0.3, -0.25) is 0 Å². The van der Waals surface area contributed by atoms with E-state index < -0.39 is 34.6 Å². The number of alkyl halides is 6. The monoisotopic (exact) mass is 476 g/mol. The van der Waals surface area contributed by atoms with Crippen LogP contribution in [0.3, 0.4) is 0 Å². The second kappa shape index (κ2) is 9.23. The molecule has 2 rings (SSSR count). The lowest BCUT2D eigenvalue weighted by molar-refractivity contribution is -0.308. The van der Waals surface area contributed by atoms with Crippen molar-refractivity contribution in [1.82, 2.24) is 9.62 Å². The predicted molar refractivity (Wildman–Crippen MR) is 97.8 cm³/mol. The van der Waals surface area contributed by atoms with Crippen molar-refractivity contribution in [2.24, 2.45) is 5.92 Å². The Morgan fingerprint density at radius 3 is 2.13 bits per heavy atom. The Labute approximate surface area is 175 Å². The van der Waals surface area contributed by atoms with Crippen molar-refractivity contribution in [2.45, 2.75) is 50.0 Å². The van der Waals surface area contributed by atoms with E-state index in [1.807, 2.05) is 6.92 Å². The Morgan fingerprint density at radius 1 is 1.10 bits per heavy atom. The lowest BCUT2D eigenvalue weighted by Crippen LogP contribution is -2.49. The van der Waals surface area contributed by atoms with Gasteiger partial charge in [0.25, 0.3) is 6.10 Å². The number of hydrogen-bond acceptors (Lipinski definition) is 4. The highest BCUT2D eigenvalue weighted by molar-refractivity contribution is 7.89. The fourth-order valence-corrected chi connectivity index (χ4v) is 4.21. The van der Waals surface area contributed by atoms with Crippen molar-refractivity contribution < 1.29 is 44.3 Å². The molecular formula is C18H22F6N2O4S. The predicted octanol–water partition coefficient (Wildman–Crippen LogP) is 3.92. The number of hydrogen-bond donors (Lipinski definition) is 1. The summed E-state index contributed by atoms with van der Waals surface area (Å²) in [6, 6.07) is 4.65. The lowest BCUT2D eigenvalue weighted by Gasteiger charge is -2.33. The lowest BCUT2D eigenvalue weighted by atomic mass is 9.97. The van der Waals surface area contributed by atoms with Crippen LogP contribution in [0.4, 0.5) is 31.1 Å². The number of halogens is 6. The van der Waals surface area contributed by atoms with Crippen LogP contribution in [0.1, 0.15) is 24.0 Å². The minimum absolute atomic E-state index is 0.0197. The number of amides is 1. The van der Waals surface area contributed by atoms with E-state index in [9.17, 15) is 39.6 Å². The average Bonchev–Trinajstić information content (AvgIpc) is 2.65. The molecule has 0 aliphatic carbocycles. The van der Waals surface area contributed by atoms with E-state index in [0.717, 1.165) is 16.0 Å². The number of ether oxygens (including phenoxy) is 1. The smallest absolute Gasteiger partial charge is 0.426 e. The Kier molecular flexibility index (Phi) is 7.51. The first-order valence-corrected chi connectivity index (χ1v) is 10.8. The van der Waals surface area contributed by atoms with Crippen molar-refractivity contribution in [2.75, 3.05) is 19.6 Å². The molecule has 0 atom stereocenters. The summed E-state index contributed by atoms with van der Waals surface area (Å²) < 4.78 is 106. The molecule has 1 aromatic rings.